The van der Waals surface area contributed by atoms with Crippen LogP contribution >= 0.6 is 0 Å². The van der Waals surface area contributed by atoms with Gasteiger partial charge < -0.3 is 15.6 Å². The second kappa shape index (κ2) is 8.12. The van der Waals surface area contributed by atoms with Crippen LogP contribution in [-0.2, 0) is 0 Å². The third-order valence-corrected chi connectivity index (χ3v) is 1.34. The van der Waals surface area contributed by atoms with E-state index in [9.17, 15) is 4.79 Å². The van der Waals surface area contributed by atoms with Crippen LogP contribution < -0.4 is 5.32 Å². The van der Waals surface area contributed by atoms with Gasteiger partial charge in [-0.05, 0) is 12.1 Å². The SMILES string of the molecule is O=C(NCCO)c1ccncc1.O=[N+]([O-])O. The van der Waals surface area contributed by atoms with E-state index in [2.05, 4.69) is 10.3 Å². The maximum atomic E-state index is 11.2. The highest BCUT2D eigenvalue weighted by Gasteiger charge is 2.01. The van der Waals surface area contributed by atoms with E-state index < -0.39 is 5.09 Å². The van der Waals surface area contributed by atoms with Gasteiger partial charge in [0.1, 0.15) is 0 Å². The highest BCUT2D eigenvalue weighted by Crippen LogP contribution is 1.94. The smallest absolute Gasteiger partial charge is 0.291 e. The molecule has 1 heterocycles. The molecule has 1 rings (SSSR count). The molecule has 1 aromatic rings. The molecule has 0 saturated carbocycles. The molecule has 16 heavy (non-hydrogen) atoms. The summed E-state index contributed by atoms with van der Waals surface area (Å²) in [5.41, 5.74) is 0.554. The number of nitrogens with one attached hydrogen (secondary N) is 1. The van der Waals surface area contributed by atoms with Crippen LogP contribution in [0.3, 0.4) is 0 Å². The van der Waals surface area contributed by atoms with E-state index in [4.69, 9.17) is 20.4 Å². The van der Waals surface area contributed by atoms with Crippen molar-refractivity contribution in [2.24, 2.45) is 0 Å². The molecular weight excluding hydrogens is 218 g/mol. The van der Waals surface area contributed by atoms with Gasteiger partial charge in [-0.15, -0.1) is 10.1 Å². The molecule has 88 valence electrons. The largest absolute Gasteiger partial charge is 0.395 e. The second-order valence-electron chi connectivity index (χ2n) is 2.45. The van der Waals surface area contributed by atoms with E-state index in [0.29, 0.717) is 5.56 Å². The first kappa shape index (κ1) is 13.8. The van der Waals surface area contributed by atoms with Crippen molar-refractivity contribution in [2.75, 3.05) is 13.2 Å². The molecule has 3 N–H and O–H groups in total. The summed E-state index contributed by atoms with van der Waals surface area (Å²) in [7, 11) is 0. The number of carbonyl (C=O) groups is 1. The van der Waals surface area contributed by atoms with Crippen molar-refractivity contribution >= 4 is 5.91 Å². The van der Waals surface area contributed by atoms with E-state index >= 15 is 0 Å². The van der Waals surface area contributed by atoms with Gasteiger partial charge >= 0.3 is 0 Å². The van der Waals surface area contributed by atoms with E-state index in [1.54, 1.807) is 24.5 Å². The zero-order valence-electron chi connectivity index (χ0n) is 8.24. The molecule has 0 aliphatic rings. The predicted molar refractivity (Wildman–Crippen MR) is 52.4 cm³/mol. The highest BCUT2D eigenvalue weighted by atomic mass is 16.9. The van der Waals surface area contributed by atoms with Crippen molar-refractivity contribution in [3.05, 3.63) is 40.2 Å². The van der Waals surface area contributed by atoms with Crippen molar-refractivity contribution in [2.45, 2.75) is 0 Å². The minimum absolute atomic E-state index is 0.0448. The number of amides is 1. The number of hydrogen-bond donors (Lipinski definition) is 3. The van der Waals surface area contributed by atoms with Crippen LogP contribution in [0, 0.1) is 10.1 Å². The van der Waals surface area contributed by atoms with E-state index in [1.807, 2.05) is 0 Å². The standard InChI is InChI=1S/C8H10N2O2.HNO3/c11-6-5-10-8(12)7-1-3-9-4-2-7;2-1(3)4/h1-4,11H,5-6H2,(H,10,12);(H,2,3,4). The lowest BCUT2D eigenvalue weighted by molar-refractivity contribution is -0.742. The summed E-state index contributed by atoms with van der Waals surface area (Å²) in [4.78, 5) is 23.3. The summed E-state index contributed by atoms with van der Waals surface area (Å²) in [6.45, 7) is 0.234. The molecule has 0 radical (unpaired) electrons. The molecule has 0 fully saturated rings. The number of rotatable bonds is 3. The van der Waals surface area contributed by atoms with Gasteiger partial charge in [-0.2, -0.15) is 0 Å². The lowest BCUT2D eigenvalue weighted by atomic mass is 10.2. The van der Waals surface area contributed by atoms with Gasteiger partial charge in [0.15, 0.2) is 0 Å². The first-order valence-corrected chi connectivity index (χ1v) is 4.20. The maximum absolute atomic E-state index is 11.2. The molecule has 8 nitrogen and oxygen atoms in total. The average Bonchev–Trinajstić information content (AvgIpc) is 2.26. The van der Waals surface area contributed by atoms with Gasteiger partial charge in [-0.25, -0.2) is 0 Å². The number of aromatic nitrogens is 1. The Balaban J connectivity index is 0.000000487. The molecular formula is C8H11N3O5. The molecule has 0 aliphatic heterocycles. The van der Waals surface area contributed by atoms with Gasteiger partial charge in [-0.3, -0.25) is 9.78 Å². The molecule has 1 aromatic heterocycles. The molecule has 0 bridgehead atoms. The molecule has 0 unspecified atom stereocenters. The Morgan fingerprint density at radius 1 is 1.50 bits per heavy atom. The summed E-state index contributed by atoms with van der Waals surface area (Å²) in [6.07, 6.45) is 3.10. The van der Waals surface area contributed by atoms with Crippen LogP contribution in [0.2, 0.25) is 0 Å². The fourth-order valence-electron chi connectivity index (χ4n) is 0.775. The number of aliphatic hydroxyl groups excluding tert-OH is 1. The normalized spacial score (nSPS) is 8.56. The van der Waals surface area contributed by atoms with Crippen molar-refractivity contribution in [3.8, 4) is 0 Å². The quantitative estimate of drug-likeness (QED) is 0.472. The first-order chi connectivity index (χ1) is 7.57. The van der Waals surface area contributed by atoms with Crippen LogP contribution in [0.4, 0.5) is 0 Å². The van der Waals surface area contributed by atoms with E-state index in [0.717, 1.165) is 0 Å². The van der Waals surface area contributed by atoms with Gasteiger partial charge in [0.25, 0.3) is 11.0 Å². The van der Waals surface area contributed by atoms with E-state index in [1.165, 1.54) is 0 Å². The number of aliphatic hydroxyl groups is 1. The molecule has 0 spiro atoms. The Bertz CT molecular complexity index is 326. The van der Waals surface area contributed by atoms with E-state index in [-0.39, 0.29) is 19.1 Å². The predicted octanol–water partition coefficient (Wildman–Crippen LogP) is -0.544. The summed E-state index contributed by atoms with van der Waals surface area (Å²) >= 11 is 0. The van der Waals surface area contributed by atoms with Crippen LogP contribution in [0.1, 0.15) is 10.4 Å². The van der Waals surface area contributed by atoms with Gasteiger partial charge in [0, 0.05) is 24.5 Å². The minimum atomic E-state index is -1.50. The third-order valence-electron chi connectivity index (χ3n) is 1.34. The zero-order valence-corrected chi connectivity index (χ0v) is 8.24. The fourth-order valence-corrected chi connectivity index (χ4v) is 0.775. The number of pyridine rings is 1. The Hall–Kier alpha value is -2.22. The van der Waals surface area contributed by atoms with Crippen LogP contribution in [0.15, 0.2) is 24.5 Å². The molecule has 0 aliphatic carbocycles. The highest BCUT2D eigenvalue weighted by molar-refractivity contribution is 5.93. The summed E-state index contributed by atoms with van der Waals surface area (Å²) in [5, 5.41) is 24.6. The van der Waals surface area contributed by atoms with Crippen LogP contribution in [0.5, 0.6) is 0 Å². The van der Waals surface area contributed by atoms with Gasteiger partial charge in [0.05, 0.1) is 6.61 Å². The molecule has 1 amide bonds. The monoisotopic (exact) mass is 229 g/mol. The van der Waals surface area contributed by atoms with Crippen molar-refractivity contribution in [1.29, 1.82) is 0 Å². The van der Waals surface area contributed by atoms with Gasteiger partial charge in [0.2, 0.25) is 0 Å². The topological polar surface area (TPSA) is 126 Å². The van der Waals surface area contributed by atoms with Crippen molar-refractivity contribution in [3.63, 3.8) is 0 Å². The Kier molecular flexibility index (Phi) is 6.99. The van der Waals surface area contributed by atoms with Crippen LogP contribution in [-0.4, -0.2) is 39.4 Å². The lowest BCUT2D eigenvalue weighted by Crippen LogP contribution is -2.26. The third kappa shape index (κ3) is 7.21. The summed E-state index contributed by atoms with van der Waals surface area (Å²) in [5.74, 6) is -0.188. The van der Waals surface area contributed by atoms with Gasteiger partial charge in [-0.1, -0.05) is 0 Å². The molecule has 0 aromatic carbocycles. The van der Waals surface area contributed by atoms with Crippen molar-refractivity contribution < 1.29 is 20.2 Å². The van der Waals surface area contributed by atoms with Crippen molar-refractivity contribution in [1.82, 2.24) is 10.3 Å². The number of hydrogen-bond acceptors (Lipinski definition) is 5. The molecule has 8 heteroatoms. The minimum Gasteiger partial charge on any atom is -0.395 e. The zero-order chi connectivity index (χ0) is 12.4. The van der Waals surface area contributed by atoms with Crippen LogP contribution in [0.25, 0.3) is 0 Å². The number of carbonyl (C=O) groups excluding carboxylic acids is 1. The number of nitrogens with zero attached hydrogens (tertiary/aromatic N) is 2. The lowest BCUT2D eigenvalue weighted by Gasteiger charge is -2.01. The molecule has 0 saturated heterocycles. The molecule has 0 atom stereocenters. The Morgan fingerprint density at radius 2 is 2.00 bits per heavy atom. The average molecular weight is 229 g/mol. The summed E-state index contributed by atoms with van der Waals surface area (Å²) < 4.78 is 0. The fraction of sp³-hybridized carbons (Fsp3) is 0.250. The maximum Gasteiger partial charge on any atom is 0.291 e. The Labute approximate surface area is 90.7 Å². The first-order valence-electron chi connectivity index (χ1n) is 4.20. The summed E-state index contributed by atoms with van der Waals surface area (Å²) in [6, 6.07) is 3.24. The second-order valence-corrected chi connectivity index (χ2v) is 2.45. The Morgan fingerprint density at radius 3 is 2.44 bits per heavy atom.